The number of Topliss-reactive ketones (excluding diaryl/α,β-unsaturated/α-hetero) is 2. The summed E-state index contributed by atoms with van der Waals surface area (Å²) in [5.41, 5.74) is 0.223. The third kappa shape index (κ3) is 3.38. The predicted molar refractivity (Wildman–Crippen MR) is 102 cm³/mol. The lowest BCUT2D eigenvalue weighted by atomic mass is 9.65. The molecule has 0 bridgehead atoms. The number of rotatable bonds is 2. The van der Waals surface area contributed by atoms with E-state index < -0.39 is 36.9 Å². The third-order valence-electron chi connectivity index (χ3n) is 6.53. The summed E-state index contributed by atoms with van der Waals surface area (Å²) in [4.78, 5) is 26.3. The molecule has 29 heavy (non-hydrogen) atoms. The maximum Gasteiger partial charge on any atom is 0.163 e. The molecule has 1 saturated heterocycles. The Morgan fingerprint density at radius 3 is 1.76 bits per heavy atom. The SMILES string of the molecule is CC1(C)CC(=O)C2=C(C1)OC1=C(C(=O)CC(C)(C)C1)C2[C@H]1O[C@H](CO)[C@@H](O)[C@@H]1O. The van der Waals surface area contributed by atoms with E-state index in [9.17, 15) is 24.9 Å². The molecule has 0 radical (unpaired) electrons. The number of carbonyl (C=O) groups is 2. The first-order chi connectivity index (χ1) is 13.4. The molecule has 4 aliphatic rings. The van der Waals surface area contributed by atoms with Crippen LogP contribution in [0.25, 0.3) is 0 Å². The van der Waals surface area contributed by atoms with Gasteiger partial charge >= 0.3 is 0 Å². The van der Waals surface area contributed by atoms with Crippen molar-refractivity contribution in [3.63, 3.8) is 0 Å². The molecule has 0 unspecified atom stereocenters. The summed E-state index contributed by atoms with van der Waals surface area (Å²) in [6.45, 7) is 7.54. The van der Waals surface area contributed by atoms with E-state index in [0.29, 0.717) is 48.3 Å². The van der Waals surface area contributed by atoms with Crippen LogP contribution in [-0.4, -0.2) is 57.9 Å². The van der Waals surface area contributed by atoms with Gasteiger partial charge in [-0.3, -0.25) is 9.59 Å². The summed E-state index contributed by atoms with van der Waals surface area (Å²) in [5, 5.41) is 30.5. The van der Waals surface area contributed by atoms with Gasteiger partial charge in [0.25, 0.3) is 0 Å². The highest BCUT2D eigenvalue weighted by atomic mass is 16.6. The number of aliphatic hydroxyl groups is 3. The van der Waals surface area contributed by atoms with Gasteiger partial charge in [-0.05, 0) is 10.8 Å². The van der Waals surface area contributed by atoms with Gasteiger partial charge in [0.2, 0.25) is 0 Å². The van der Waals surface area contributed by atoms with Crippen molar-refractivity contribution >= 4 is 11.6 Å². The molecule has 7 nitrogen and oxygen atoms in total. The van der Waals surface area contributed by atoms with Crippen molar-refractivity contribution in [3.8, 4) is 0 Å². The van der Waals surface area contributed by atoms with Gasteiger partial charge in [-0.25, -0.2) is 0 Å². The first-order valence-electron chi connectivity index (χ1n) is 10.3. The van der Waals surface area contributed by atoms with Gasteiger partial charge in [0, 0.05) is 36.8 Å². The van der Waals surface area contributed by atoms with Crippen molar-refractivity contribution in [1.82, 2.24) is 0 Å². The van der Waals surface area contributed by atoms with Gasteiger partial charge < -0.3 is 24.8 Å². The van der Waals surface area contributed by atoms with Crippen LogP contribution in [0.4, 0.5) is 0 Å². The smallest absolute Gasteiger partial charge is 0.163 e. The predicted octanol–water partition coefficient (Wildman–Crippen LogP) is 1.40. The monoisotopic (exact) mass is 406 g/mol. The van der Waals surface area contributed by atoms with Crippen LogP contribution >= 0.6 is 0 Å². The van der Waals surface area contributed by atoms with Crippen LogP contribution in [0, 0.1) is 16.7 Å². The zero-order chi connectivity index (χ0) is 21.3. The zero-order valence-corrected chi connectivity index (χ0v) is 17.4. The largest absolute Gasteiger partial charge is 0.465 e. The fourth-order valence-corrected chi connectivity index (χ4v) is 5.26. The maximum atomic E-state index is 13.1. The number of carbonyl (C=O) groups excluding carboxylic acids is 2. The van der Waals surface area contributed by atoms with Gasteiger partial charge in [-0.15, -0.1) is 0 Å². The molecule has 0 spiro atoms. The average molecular weight is 406 g/mol. The van der Waals surface area contributed by atoms with E-state index in [1.54, 1.807) is 0 Å². The minimum absolute atomic E-state index is 0.122. The molecule has 2 aliphatic heterocycles. The Labute approximate surface area is 170 Å². The molecule has 160 valence electrons. The highest BCUT2D eigenvalue weighted by molar-refractivity contribution is 6.04. The van der Waals surface area contributed by atoms with Crippen LogP contribution in [0.3, 0.4) is 0 Å². The molecule has 1 fully saturated rings. The zero-order valence-electron chi connectivity index (χ0n) is 17.4. The lowest BCUT2D eigenvalue weighted by Gasteiger charge is -2.44. The Morgan fingerprint density at radius 2 is 1.34 bits per heavy atom. The van der Waals surface area contributed by atoms with Crippen LogP contribution in [0.2, 0.25) is 0 Å². The highest BCUT2D eigenvalue weighted by Gasteiger charge is 2.55. The molecule has 0 aromatic heterocycles. The van der Waals surface area contributed by atoms with Crippen molar-refractivity contribution in [2.75, 3.05) is 6.61 Å². The second kappa shape index (κ2) is 6.74. The van der Waals surface area contributed by atoms with Crippen molar-refractivity contribution in [2.45, 2.75) is 77.8 Å². The topological polar surface area (TPSA) is 113 Å². The molecule has 3 N–H and O–H groups in total. The van der Waals surface area contributed by atoms with Crippen molar-refractivity contribution in [2.24, 2.45) is 16.7 Å². The van der Waals surface area contributed by atoms with E-state index in [2.05, 4.69) is 0 Å². The van der Waals surface area contributed by atoms with Gasteiger partial charge in [0.15, 0.2) is 11.6 Å². The molecule has 0 saturated carbocycles. The molecule has 0 aromatic carbocycles. The number of allylic oxidation sites excluding steroid dienone is 2. The molecule has 4 atom stereocenters. The molecular weight excluding hydrogens is 376 g/mol. The molecule has 2 heterocycles. The highest BCUT2D eigenvalue weighted by Crippen LogP contribution is 2.52. The number of aliphatic hydroxyl groups excluding tert-OH is 3. The number of hydrogen-bond acceptors (Lipinski definition) is 7. The third-order valence-corrected chi connectivity index (χ3v) is 6.53. The minimum atomic E-state index is -1.32. The fourth-order valence-electron chi connectivity index (χ4n) is 5.26. The Morgan fingerprint density at radius 1 is 0.862 bits per heavy atom. The van der Waals surface area contributed by atoms with E-state index >= 15 is 0 Å². The van der Waals surface area contributed by atoms with Crippen LogP contribution in [0.1, 0.15) is 53.4 Å². The molecule has 7 heteroatoms. The van der Waals surface area contributed by atoms with E-state index in [-0.39, 0.29) is 22.4 Å². The van der Waals surface area contributed by atoms with Crippen molar-refractivity contribution in [3.05, 3.63) is 22.7 Å². The quantitative estimate of drug-likeness (QED) is 0.635. The van der Waals surface area contributed by atoms with Crippen molar-refractivity contribution < 1.29 is 34.4 Å². The van der Waals surface area contributed by atoms with Crippen LogP contribution in [-0.2, 0) is 19.1 Å². The van der Waals surface area contributed by atoms with Gasteiger partial charge in [0.1, 0.15) is 29.8 Å². The average Bonchev–Trinajstić information content (AvgIpc) is 2.85. The summed E-state index contributed by atoms with van der Waals surface area (Å²) >= 11 is 0. The van der Waals surface area contributed by atoms with Gasteiger partial charge in [-0.1, -0.05) is 27.7 Å². The van der Waals surface area contributed by atoms with Crippen LogP contribution in [0.5, 0.6) is 0 Å². The lowest BCUT2D eigenvalue weighted by Crippen LogP contribution is -2.46. The molecule has 0 aromatic rings. The first-order valence-corrected chi connectivity index (χ1v) is 10.3. The fraction of sp³-hybridized carbons (Fsp3) is 0.727. The Balaban J connectivity index is 1.84. The standard InChI is InChI=1S/C22H30O7/c1-21(2)5-10(24)15-12(7-21)28-13-8-22(3,4)6-11(25)16(13)17(15)20-19(27)18(26)14(9-23)29-20/h14,17-20,23,26-27H,5-9H2,1-4H3/t14-,18-,19+,20-/m1/s1. The second-order valence-corrected chi connectivity index (χ2v) is 10.4. The normalized spacial score (nSPS) is 36.8. The summed E-state index contributed by atoms with van der Waals surface area (Å²) in [5.74, 6) is 0.0463. The van der Waals surface area contributed by atoms with E-state index in [4.69, 9.17) is 9.47 Å². The Hall–Kier alpha value is -1.54. The maximum absolute atomic E-state index is 13.1. The summed E-state index contributed by atoms with van der Waals surface area (Å²) in [6.07, 6.45) is -2.84. The summed E-state index contributed by atoms with van der Waals surface area (Å²) in [7, 11) is 0. The van der Waals surface area contributed by atoms with E-state index in [1.807, 2.05) is 27.7 Å². The summed E-state index contributed by atoms with van der Waals surface area (Å²) in [6, 6.07) is 0. The van der Waals surface area contributed by atoms with Gasteiger partial charge in [0.05, 0.1) is 18.6 Å². The molecular formula is C22H30O7. The second-order valence-electron chi connectivity index (χ2n) is 10.4. The molecule has 4 rings (SSSR count). The van der Waals surface area contributed by atoms with Crippen LogP contribution in [0.15, 0.2) is 22.7 Å². The minimum Gasteiger partial charge on any atom is -0.465 e. The van der Waals surface area contributed by atoms with Crippen molar-refractivity contribution in [1.29, 1.82) is 0 Å². The lowest BCUT2D eigenvalue weighted by molar-refractivity contribution is -0.123. The number of ether oxygens (including phenoxy) is 2. The van der Waals surface area contributed by atoms with E-state index in [1.165, 1.54) is 0 Å². The Kier molecular flexibility index (Phi) is 4.81. The Bertz CT molecular complexity index is 767. The summed E-state index contributed by atoms with van der Waals surface area (Å²) < 4.78 is 12.0. The number of hydrogen-bond donors (Lipinski definition) is 3. The van der Waals surface area contributed by atoms with E-state index in [0.717, 1.165) is 0 Å². The molecule has 2 aliphatic carbocycles. The molecule has 0 amide bonds. The van der Waals surface area contributed by atoms with Crippen LogP contribution < -0.4 is 0 Å². The first kappa shape index (κ1) is 20.7. The van der Waals surface area contributed by atoms with Gasteiger partial charge in [-0.2, -0.15) is 0 Å². The number of ketones is 2.